The van der Waals surface area contributed by atoms with Crippen molar-refractivity contribution in [3.8, 4) is 11.5 Å². The first kappa shape index (κ1) is 20.4. The summed E-state index contributed by atoms with van der Waals surface area (Å²) in [6, 6.07) is 17.7. The molecule has 3 aromatic heterocycles. The number of halogens is 1. The van der Waals surface area contributed by atoms with Gasteiger partial charge in [0.15, 0.2) is 5.82 Å². The van der Waals surface area contributed by atoms with Crippen LogP contribution >= 0.6 is 0 Å². The molecule has 9 heteroatoms. The van der Waals surface area contributed by atoms with Crippen molar-refractivity contribution in [3.63, 3.8) is 0 Å². The molecule has 0 spiro atoms. The van der Waals surface area contributed by atoms with E-state index in [-0.39, 0.29) is 11.7 Å². The lowest BCUT2D eigenvalue weighted by molar-refractivity contribution is 0.0951. The smallest absolute Gasteiger partial charge is 0.256 e. The Morgan fingerprint density at radius 1 is 0.939 bits per heavy atom. The third-order valence-electron chi connectivity index (χ3n) is 5.20. The van der Waals surface area contributed by atoms with Gasteiger partial charge in [0.2, 0.25) is 0 Å². The predicted molar refractivity (Wildman–Crippen MR) is 120 cm³/mol. The van der Waals surface area contributed by atoms with Gasteiger partial charge < -0.3 is 9.88 Å². The van der Waals surface area contributed by atoms with Crippen LogP contribution in [0, 0.1) is 5.82 Å². The molecule has 5 rings (SSSR count). The fraction of sp³-hybridized carbons (Fsp3) is 0.0833. The van der Waals surface area contributed by atoms with Gasteiger partial charge in [-0.2, -0.15) is 10.2 Å². The third kappa shape index (κ3) is 4.42. The first-order valence-corrected chi connectivity index (χ1v) is 10.3. The Hall–Kier alpha value is -4.53. The van der Waals surface area contributed by atoms with Crippen molar-refractivity contribution < 1.29 is 9.18 Å². The van der Waals surface area contributed by atoms with E-state index in [0.29, 0.717) is 30.2 Å². The molecule has 0 saturated heterocycles. The Balaban J connectivity index is 1.34. The summed E-state index contributed by atoms with van der Waals surface area (Å²) in [4.78, 5) is 17.0. The number of hydrogen-bond acceptors (Lipinski definition) is 4. The molecule has 3 heterocycles. The normalized spacial score (nSPS) is 10.9. The average Bonchev–Trinajstić information content (AvgIpc) is 3.60. The standard InChI is InChI=1S/C24H20FN7O/c25-20-7-9-21(10-8-20)32-24(30-11-1-2-12-30)22(14-28-32)23(33)27-13-18-3-5-19(6-4-18)15-31-17-26-16-29-31/h1-12,14,16-17H,13,15H2,(H,27,33). The Bertz CT molecular complexity index is 1340. The summed E-state index contributed by atoms with van der Waals surface area (Å²) < 4.78 is 18.6. The highest BCUT2D eigenvalue weighted by atomic mass is 19.1. The second kappa shape index (κ2) is 8.91. The van der Waals surface area contributed by atoms with Crippen LogP contribution in [0.15, 0.2) is 91.9 Å². The number of carbonyl (C=O) groups excluding carboxylic acids is 1. The molecule has 0 radical (unpaired) electrons. The van der Waals surface area contributed by atoms with Gasteiger partial charge in [0.05, 0.1) is 18.4 Å². The van der Waals surface area contributed by atoms with Crippen molar-refractivity contribution in [2.45, 2.75) is 13.1 Å². The number of amides is 1. The molecule has 164 valence electrons. The topological polar surface area (TPSA) is 82.6 Å². The molecule has 0 aliphatic rings. The first-order chi connectivity index (χ1) is 16.2. The zero-order valence-corrected chi connectivity index (χ0v) is 17.5. The number of hydrogen-bond donors (Lipinski definition) is 1. The summed E-state index contributed by atoms with van der Waals surface area (Å²) in [6.45, 7) is 1.00. The van der Waals surface area contributed by atoms with Crippen LogP contribution in [-0.2, 0) is 13.1 Å². The van der Waals surface area contributed by atoms with E-state index in [1.54, 1.807) is 27.8 Å². The molecule has 0 aliphatic heterocycles. The zero-order chi connectivity index (χ0) is 22.6. The molecule has 0 bridgehead atoms. The van der Waals surface area contributed by atoms with Crippen molar-refractivity contribution in [1.82, 2.24) is 34.4 Å². The van der Waals surface area contributed by atoms with E-state index >= 15 is 0 Å². The molecule has 33 heavy (non-hydrogen) atoms. The third-order valence-corrected chi connectivity index (χ3v) is 5.20. The van der Waals surface area contributed by atoms with Crippen molar-refractivity contribution in [1.29, 1.82) is 0 Å². The van der Waals surface area contributed by atoms with Crippen LogP contribution in [0.2, 0.25) is 0 Å². The Morgan fingerprint density at radius 2 is 1.67 bits per heavy atom. The van der Waals surface area contributed by atoms with Gasteiger partial charge in [0, 0.05) is 18.9 Å². The molecule has 0 fully saturated rings. The van der Waals surface area contributed by atoms with Crippen LogP contribution in [0.25, 0.3) is 11.5 Å². The summed E-state index contributed by atoms with van der Waals surface area (Å²) in [6.07, 6.45) is 8.37. The highest BCUT2D eigenvalue weighted by Gasteiger charge is 2.19. The van der Waals surface area contributed by atoms with Crippen LogP contribution in [0.4, 0.5) is 4.39 Å². The molecule has 1 N–H and O–H groups in total. The highest BCUT2D eigenvalue weighted by Crippen LogP contribution is 2.20. The molecule has 1 amide bonds. The van der Waals surface area contributed by atoms with Gasteiger partial charge in [-0.3, -0.25) is 4.79 Å². The lowest BCUT2D eigenvalue weighted by atomic mass is 10.1. The lowest BCUT2D eigenvalue weighted by Gasteiger charge is -2.11. The Kier molecular flexibility index (Phi) is 5.50. The summed E-state index contributed by atoms with van der Waals surface area (Å²) in [5.74, 6) is -0.00950. The van der Waals surface area contributed by atoms with Gasteiger partial charge in [-0.1, -0.05) is 24.3 Å². The molecular weight excluding hydrogens is 421 g/mol. The summed E-state index contributed by atoms with van der Waals surface area (Å²) >= 11 is 0. The first-order valence-electron chi connectivity index (χ1n) is 10.3. The molecule has 0 aliphatic carbocycles. The van der Waals surface area contributed by atoms with E-state index < -0.39 is 0 Å². The van der Waals surface area contributed by atoms with Gasteiger partial charge in [-0.05, 0) is 47.5 Å². The van der Waals surface area contributed by atoms with Gasteiger partial charge in [0.1, 0.15) is 24.0 Å². The lowest BCUT2D eigenvalue weighted by Crippen LogP contribution is -2.24. The Labute approximate surface area is 188 Å². The number of rotatable bonds is 7. The van der Waals surface area contributed by atoms with E-state index in [2.05, 4.69) is 20.5 Å². The van der Waals surface area contributed by atoms with E-state index in [1.165, 1.54) is 24.7 Å². The van der Waals surface area contributed by atoms with Crippen molar-refractivity contribution >= 4 is 5.91 Å². The number of nitrogens with zero attached hydrogens (tertiary/aromatic N) is 6. The fourth-order valence-electron chi connectivity index (χ4n) is 3.54. The van der Waals surface area contributed by atoms with E-state index in [4.69, 9.17) is 0 Å². The fourth-order valence-corrected chi connectivity index (χ4v) is 3.54. The Morgan fingerprint density at radius 3 is 2.36 bits per heavy atom. The predicted octanol–water partition coefficient (Wildman–Crippen LogP) is 3.37. The molecule has 2 aromatic carbocycles. The van der Waals surface area contributed by atoms with Crippen LogP contribution in [0.5, 0.6) is 0 Å². The number of carbonyl (C=O) groups is 1. The van der Waals surface area contributed by atoms with Gasteiger partial charge in [-0.25, -0.2) is 18.7 Å². The molecule has 0 unspecified atom stereocenters. The minimum absolute atomic E-state index is 0.251. The molecule has 8 nitrogen and oxygen atoms in total. The molecule has 0 saturated carbocycles. The maximum atomic E-state index is 13.4. The van der Waals surface area contributed by atoms with Gasteiger partial charge in [-0.15, -0.1) is 0 Å². The monoisotopic (exact) mass is 441 g/mol. The molecule has 0 atom stereocenters. The highest BCUT2D eigenvalue weighted by molar-refractivity contribution is 5.97. The van der Waals surface area contributed by atoms with Gasteiger partial charge >= 0.3 is 0 Å². The number of nitrogens with one attached hydrogen (secondary N) is 1. The van der Waals surface area contributed by atoms with Crippen molar-refractivity contribution in [2.75, 3.05) is 0 Å². The van der Waals surface area contributed by atoms with E-state index in [1.807, 2.05) is 53.4 Å². The maximum absolute atomic E-state index is 13.4. The maximum Gasteiger partial charge on any atom is 0.256 e. The van der Waals surface area contributed by atoms with Crippen molar-refractivity contribution in [3.05, 3.63) is 114 Å². The second-order valence-corrected chi connectivity index (χ2v) is 7.45. The minimum Gasteiger partial charge on any atom is -0.348 e. The average molecular weight is 441 g/mol. The van der Waals surface area contributed by atoms with Crippen LogP contribution in [0.3, 0.4) is 0 Å². The van der Waals surface area contributed by atoms with E-state index in [0.717, 1.165) is 11.1 Å². The van der Waals surface area contributed by atoms with Gasteiger partial charge in [0.25, 0.3) is 5.91 Å². The minimum atomic E-state index is -0.335. The molecule has 5 aromatic rings. The number of aromatic nitrogens is 6. The zero-order valence-electron chi connectivity index (χ0n) is 17.5. The molecular formula is C24H20FN7O. The quantitative estimate of drug-likeness (QED) is 0.420. The van der Waals surface area contributed by atoms with Crippen molar-refractivity contribution in [2.24, 2.45) is 0 Å². The summed E-state index contributed by atoms with van der Waals surface area (Å²) in [5.41, 5.74) is 3.13. The summed E-state index contributed by atoms with van der Waals surface area (Å²) in [5, 5.41) is 11.5. The van der Waals surface area contributed by atoms with Crippen LogP contribution in [0.1, 0.15) is 21.5 Å². The van der Waals surface area contributed by atoms with E-state index in [9.17, 15) is 9.18 Å². The second-order valence-electron chi connectivity index (χ2n) is 7.45. The largest absolute Gasteiger partial charge is 0.348 e. The van der Waals surface area contributed by atoms with Crippen LogP contribution in [-0.4, -0.2) is 35.0 Å². The van der Waals surface area contributed by atoms with Crippen LogP contribution < -0.4 is 5.32 Å². The summed E-state index contributed by atoms with van der Waals surface area (Å²) in [7, 11) is 0. The SMILES string of the molecule is O=C(NCc1ccc(Cn2cncn2)cc1)c1cnn(-c2ccc(F)cc2)c1-n1cccc1. The number of benzene rings is 2.